The molecule has 0 aliphatic carbocycles. The monoisotopic (exact) mass is 433 g/mol. The van der Waals surface area contributed by atoms with E-state index in [4.69, 9.17) is 0 Å². The largest absolute Gasteiger partial charge is 0.299 e. The third kappa shape index (κ3) is 5.12. The fourth-order valence-electron chi connectivity index (χ4n) is 2.42. The van der Waals surface area contributed by atoms with Crippen molar-refractivity contribution in [2.24, 2.45) is 0 Å². The number of anilines is 2. The molecule has 0 spiro atoms. The van der Waals surface area contributed by atoms with E-state index >= 15 is 0 Å². The minimum atomic E-state index is -3.87. The van der Waals surface area contributed by atoms with Gasteiger partial charge in [-0.25, -0.2) is 8.42 Å². The zero-order chi connectivity index (χ0) is 21.0. The van der Waals surface area contributed by atoms with Gasteiger partial charge in [-0.05, 0) is 6.07 Å². The van der Waals surface area contributed by atoms with Crippen LogP contribution in [0.3, 0.4) is 0 Å². The molecule has 1 amide bonds. The third-order valence-electron chi connectivity index (χ3n) is 3.71. The molecule has 0 atom stereocenters. The molecule has 3 aromatic rings. The van der Waals surface area contributed by atoms with Crippen molar-refractivity contribution in [3.63, 3.8) is 0 Å². The molecule has 0 aliphatic heterocycles. The highest BCUT2D eigenvalue weighted by Gasteiger charge is 2.23. The van der Waals surface area contributed by atoms with Crippen LogP contribution in [0.4, 0.5) is 16.5 Å². The Kier molecular flexibility index (Phi) is 5.84. The average Bonchev–Trinajstić information content (AvgIpc) is 3.14. The van der Waals surface area contributed by atoms with Crippen molar-refractivity contribution in [1.29, 1.82) is 0 Å². The molecule has 0 bridgehead atoms. The number of hydrogen-bond acceptors (Lipinski definition) is 8. The number of aromatic nitrogens is 2. The maximum absolute atomic E-state index is 12.4. The molecule has 0 saturated heterocycles. The number of sulfonamides is 1. The summed E-state index contributed by atoms with van der Waals surface area (Å²) in [7, 11) is -3.87. The van der Waals surface area contributed by atoms with E-state index in [1.165, 1.54) is 18.2 Å². The Morgan fingerprint density at radius 3 is 2.55 bits per heavy atom. The number of carbonyl (C=O) groups excluding carboxylic acids is 1. The lowest BCUT2D eigenvalue weighted by atomic mass is 10.2. The van der Waals surface area contributed by atoms with E-state index in [1.54, 1.807) is 0 Å². The van der Waals surface area contributed by atoms with Gasteiger partial charge in [-0.1, -0.05) is 47.7 Å². The number of carbonyl (C=O) groups is 1. The first-order chi connectivity index (χ1) is 13.7. The van der Waals surface area contributed by atoms with Crippen molar-refractivity contribution in [3.8, 4) is 10.6 Å². The van der Waals surface area contributed by atoms with Crippen LogP contribution >= 0.6 is 11.3 Å². The minimum Gasteiger partial charge on any atom is -0.299 e. The smallest absolute Gasteiger partial charge is 0.271 e. The number of non-ortho nitro benzene ring substituents is 1. The van der Waals surface area contributed by atoms with Crippen LogP contribution in [0.25, 0.3) is 10.6 Å². The number of nitro groups is 1. The van der Waals surface area contributed by atoms with Gasteiger partial charge in [0.15, 0.2) is 0 Å². The number of nitro benzene ring substituents is 1. The van der Waals surface area contributed by atoms with Gasteiger partial charge in [0, 0.05) is 17.7 Å². The lowest BCUT2D eigenvalue weighted by Crippen LogP contribution is -2.37. The summed E-state index contributed by atoms with van der Waals surface area (Å²) in [6, 6.07) is 14.3. The lowest BCUT2D eigenvalue weighted by Gasteiger charge is -2.21. The number of rotatable bonds is 7. The molecule has 1 aromatic heterocycles. The fourth-order valence-corrected chi connectivity index (χ4v) is 4.04. The molecule has 0 unspecified atom stereocenters. The first-order valence-corrected chi connectivity index (χ1v) is 10.8. The number of nitrogens with zero attached hydrogens (tertiary/aromatic N) is 4. The molecule has 0 aliphatic rings. The molecule has 12 heteroatoms. The van der Waals surface area contributed by atoms with Crippen LogP contribution in [0.5, 0.6) is 0 Å². The van der Waals surface area contributed by atoms with E-state index in [0.29, 0.717) is 5.01 Å². The minimum absolute atomic E-state index is 0.0130. The molecule has 0 fully saturated rings. The number of amides is 1. The molecule has 10 nitrogen and oxygen atoms in total. The molecule has 29 heavy (non-hydrogen) atoms. The summed E-state index contributed by atoms with van der Waals surface area (Å²) >= 11 is 1.14. The van der Waals surface area contributed by atoms with Crippen LogP contribution < -0.4 is 9.62 Å². The zero-order valence-electron chi connectivity index (χ0n) is 15.0. The Morgan fingerprint density at radius 1 is 1.17 bits per heavy atom. The van der Waals surface area contributed by atoms with E-state index in [9.17, 15) is 23.3 Å². The van der Waals surface area contributed by atoms with Gasteiger partial charge in [-0.2, -0.15) is 0 Å². The quantitative estimate of drug-likeness (QED) is 0.447. The van der Waals surface area contributed by atoms with Gasteiger partial charge in [-0.15, -0.1) is 10.2 Å². The van der Waals surface area contributed by atoms with Crippen molar-refractivity contribution >= 4 is 43.8 Å². The SMILES string of the molecule is CS(=O)(=O)N(CC(=O)Nc1nnc(-c2ccccc2)s1)c1cccc([N+](=O)[O-])c1. The lowest BCUT2D eigenvalue weighted by molar-refractivity contribution is -0.384. The summed E-state index contributed by atoms with van der Waals surface area (Å²) in [4.78, 5) is 22.7. The van der Waals surface area contributed by atoms with E-state index in [2.05, 4.69) is 15.5 Å². The first-order valence-electron chi connectivity index (χ1n) is 8.15. The van der Waals surface area contributed by atoms with E-state index < -0.39 is 27.4 Å². The van der Waals surface area contributed by atoms with Gasteiger partial charge in [0.25, 0.3) is 5.69 Å². The number of hydrogen-bond donors (Lipinski definition) is 1. The summed E-state index contributed by atoms with van der Waals surface area (Å²) in [5.41, 5.74) is 0.562. The summed E-state index contributed by atoms with van der Waals surface area (Å²) in [5.74, 6) is -0.655. The predicted octanol–water partition coefficient (Wildman–Crippen LogP) is 2.52. The third-order valence-corrected chi connectivity index (χ3v) is 5.74. The Labute approximate surface area is 170 Å². The van der Waals surface area contributed by atoms with Crippen LogP contribution in [0.1, 0.15) is 0 Å². The molecule has 0 radical (unpaired) electrons. The fraction of sp³-hybridized carbons (Fsp3) is 0.118. The Balaban J connectivity index is 1.77. The summed E-state index contributed by atoms with van der Waals surface area (Å²) in [6.45, 7) is -0.569. The molecule has 3 rings (SSSR count). The highest BCUT2D eigenvalue weighted by Crippen LogP contribution is 2.26. The Hall–Kier alpha value is -3.38. The van der Waals surface area contributed by atoms with E-state index in [0.717, 1.165) is 33.5 Å². The molecule has 2 aromatic carbocycles. The van der Waals surface area contributed by atoms with Crippen molar-refractivity contribution in [2.75, 3.05) is 22.4 Å². The summed E-state index contributed by atoms with van der Waals surface area (Å²) in [5, 5.41) is 22.2. The van der Waals surface area contributed by atoms with Crippen molar-refractivity contribution < 1.29 is 18.1 Å². The van der Waals surface area contributed by atoms with Crippen molar-refractivity contribution in [1.82, 2.24) is 10.2 Å². The van der Waals surface area contributed by atoms with Gasteiger partial charge >= 0.3 is 0 Å². The molecular weight excluding hydrogens is 418 g/mol. The van der Waals surface area contributed by atoms with Crippen LogP contribution in [-0.2, 0) is 14.8 Å². The van der Waals surface area contributed by atoms with Gasteiger partial charge in [0.05, 0.1) is 16.9 Å². The second-order valence-electron chi connectivity index (χ2n) is 5.87. The predicted molar refractivity (Wildman–Crippen MR) is 109 cm³/mol. The Morgan fingerprint density at radius 2 is 1.90 bits per heavy atom. The highest BCUT2D eigenvalue weighted by atomic mass is 32.2. The molecular formula is C17H15N5O5S2. The normalized spacial score (nSPS) is 11.1. The van der Waals surface area contributed by atoms with Crippen LogP contribution in [-0.4, -0.2) is 42.2 Å². The second kappa shape index (κ2) is 8.32. The maximum atomic E-state index is 12.4. The van der Waals surface area contributed by atoms with Gasteiger partial charge in [0.1, 0.15) is 11.6 Å². The standard InChI is InChI=1S/C17H15N5O5S2/c1-29(26,27)21(13-8-5-9-14(10-13)22(24)25)11-15(23)18-17-20-19-16(28-17)12-6-3-2-4-7-12/h2-10H,11H2,1H3,(H,18,20,23). The van der Waals surface area contributed by atoms with Crippen LogP contribution in [0.2, 0.25) is 0 Å². The number of benzene rings is 2. The zero-order valence-corrected chi connectivity index (χ0v) is 16.7. The topological polar surface area (TPSA) is 135 Å². The number of nitrogens with one attached hydrogen (secondary N) is 1. The van der Waals surface area contributed by atoms with E-state index in [-0.39, 0.29) is 16.5 Å². The molecule has 0 saturated carbocycles. The van der Waals surface area contributed by atoms with Gasteiger partial charge in [-0.3, -0.25) is 24.5 Å². The first kappa shape index (κ1) is 20.4. The summed E-state index contributed by atoms with van der Waals surface area (Å²) in [6.07, 6.45) is 0.914. The van der Waals surface area contributed by atoms with Gasteiger partial charge < -0.3 is 0 Å². The van der Waals surface area contributed by atoms with E-state index in [1.807, 2.05) is 30.3 Å². The van der Waals surface area contributed by atoms with Crippen molar-refractivity contribution in [2.45, 2.75) is 0 Å². The van der Waals surface area contributed by atoms with Crippen LogP contribution in [0.15, 0.2) is 54.6 Å². The van der Waals surface area contributed by atoms with Gasteiger partial charge in [0.2, 0.25) is 21.1 Å². The maximum Gasteiger partial charge on any atom is 0.271 e. The molecule has 150 valence electrons. The Bertz CT molecular complexity index is 1150. The molecule has 1 N–H and O–H groups in total. The van der Waals surface area contributed by atoms with Crippen LogP contribution in [0, 0.1) is 10.1 Å². The molecule has 1 heterocycles. The second-order valence-corrected chi connectivity index (χ2v) is 8.76. The average molecular weight is 433 g/mol. The van der Waals surface area contributed by atoms with Crippen molar-refractivity contribution in [3.05, 3.63) is 64.7 Å². The summed E-state index contributed by atoms with van der Waals surface area (Å²) < 4.78 is 25.1. The highest BCUT2D eigenvalue weighted by molar-refractivity contribution is 7.92.